The van der Waals surface area contributed by atoms with Crippen LogP contribution in [0.25, 0.3) is 0 Å². The summed E-state index contributed by atoms with van der Waals surface area (Å²) in [7, 11) is -5.08. The monoisotopic (exact) mass is 534 g/mol. The first-order chi connectivity index (χ1) is 16.9. The van der Waals surface area contributed by atoms with Gasteiger partial charge in [-0.1, -0.05) is 78.9 Å². The molecule has 0 unspecified atom stereocenters. The molecule has 0 aliphatic rings. The zero-order valence-corrected chi connectivity index (χ0v) is 22.2. The summed E-state index contributed by atoms with van der Waals surface area (Å²) in [5, 5.41) is -4.24. The average Bonchev–Trinajstić information content (AvgIpc) is 2.84. The van der Waals surface area contributed by atoms with Gasteiger partial charge in [0, 0.05) is 31.0 Å². The number of benzene rings is 3. The second-order valence-corrected chi connectivity index (χ2v) is 13.6. The quantitative estimate of drug-likeness (QED) is 0.344. The lowest BCUT2D eigenvalue weighted by molar-refractivity contribution is 0.0367. The van der Waals surface area contributed by atoms with Crippen molar-refractivity contribution in [2.24, 2.45) is 0 Å². The van der Waals surface area contributed by atoms with E-state index in [4.69, 9.17) is 0 Å². The van der Waals surface area contributed by atoms with Crippen molar-refractivity contribution in [3.05, 3.63) is 102 Å². The SMILES string of the molecule is CC(C)(C)[S@@+]([O-])N[C@@H](CN(Cc1ccccc1)Cc1ccccc1)C(F)(F)S(=O)(=O)c1ccccc1. The molecule has 0 bridgehead atoms. The maximum atomic E-state index is 15.9. The molecular formula is C27H32F2N2O3S2. The van der Waals surface area contributed by atoms with Gasteiger partial charge < -0.3 is 4.55 Å². The minimum atomic E-state index is -5.08. The highest BCUT2D eigenvalue weighted by molar-refractivity contribution is 7.93. The van der Waals surface area contributed by atoms with Crippen LogP contribution in [0.5, 0.6) is 0 Å². The third-order valence-corrected chi connectivity index (χ3v) is 9.07. The van der Waals surface area contributed by atoms with E-state index < -0.39 is 42.1 Å². The van der Waals surface area contributed by atoms with E-state index in [9.17, 15) is 13.0 Å². The molecule has 0 heterocycles. The van der Waals surface area contributed by atoms with Gasteiger partial charge in [0.15, 0.2) is 0 Å². The standard InChI is InChI=1S/C27H32F2N2O3S2/c1-26(2,3)35(32)30-25(27(28,29)36(33,34)24-17-11-6-12-18-24)21-31(19-22-13-7-4-8-14-22)20-23-15-9-5-10-16-23/h4-18,25,30H,19-21H2,1-3H3/t25-,35+/m0/s1. The van der Waals surface area contributed by atoms with Gasteiger partial charge in [-0.2, -0.15) is 8.78 Å². The van der Waals surface area contributed by atoms with Gasteiger partial charge in [-0.3, -0.25) is 4.90 Å². The highest BCUT2D eigenvalue weighted by Gasteiger charge is 2.55. The summed E-state index contributed by atoms with van der Waals surface area (Å²) in [6.07, 6.45) is 0. The van der Waals surface area contributed by atoms with Gasteiger partial charge in [0.05, 0.1) is 4.90 Å². The van der Waals surface area contributed by atoms with Gasteiger partial charge in [-0.15, -0.1) is 4.72 Å². The number of sulfone groups is 1. The van der Waals surface area contributed by atoms with Crippen LogP contribution in [0.4, 0.5) is 8.78 Å². The second-order valence-electron chi connectivity index (χ2n) is 9.57. The Balaban J connectivity index is 2.00. The summed E-state index contributed by atoms with van der Waals surface area (Å²) in [6, 6.07) is 23.4. The molecule has 0 saturated heterocycles. The van der Waals surface area contributed by atoms with Crippen molar-refractivity contribution >= 4 is 21.2 Å². The number of alkyl halides is 2. The van der Waals surface area contributed by atoms with E-state index >= 15 is 8.78 Å². The van der Waals surface area contributed by atoms with Crippen LogP contribution in [-0.4, -0.2) is 40.5 Å². The number of rotatable bonds is 11. The zero-order valence-electron chi connectivity index (χ0n) is 20.6. The molecule has 0 saturated carbocycles. The van der Waals surface area contributed by atoms with Crippen molar-refractivity contribution in [3.63, 3.8) is 0 Å². The number of nitrogens with zero attached hydrogens (tertiary/aromatic N) is 1. The third kappa shape index (κ3) is 7.14. The van der Waals surface area contributed by atoms with E-state index in [2.05, 4.69) is 4.72 Å². The Morgan fingerprint density at radius 3 is 1.67 bits per heavy atom. The Labute approximate surface area is 215 Å². The van der Waals surface area contributed by atoms with Crippen LogP contribution in [0, 0.1) is 0 Å². The summed E-state index contributed by atoms with van der Waals surface area (Å²) in [6.45, 7) is 5.17. The van der Waals surface area contributed by atoms with Crippen LogP contribution in [0.1, 0.15) is 31.9 Å². The molecule has 9 heteroatoms. The van der Waals surface area contributed by atoms with Gasteiger partial charge in [-0.05, 0) is 44.0 Å². The van der Waals surface area contributed by atoms with E-state index in [1.165, 1.54) is 12.1 Å². The maximum absolute atomic E-state index is 15.9. The number of nitrogens with one attached hydrogen (secondary N) is 1. The number of hydrogen-bond donors (Lipinski definition) is 1. The molecule has 0 amide bonds. The van der Waals surface area contributed by atoms with E-state index in [-0.39, 0.29) is 6.54 Å². The molecule has 3 aromatic rings. The fourth-order valence-corrected chi connectivity index (χ4v) is 5.84. The molecule has 0 aliphatic heterocycles. The summed E-state index contributed by atoms with van der Waals surface area (Å²) < 4.78 is 72.6. The molecule has 0 aliphatic carbocycles. The molecule has 3 rings (SSSR count). The average molecular weight is 535 g/mol. The van der Waals surface area contributed by atoms with Gasteiger partial charge in [0.2, 0.25) is 9.84 Å². The summed E-state index contributed by atoms with van der Waals surface area (Å²) in [5.41, 5.74) is 1.77. The van der Waals surface area contributed by atoms with Gasteiger partial charge >= 0.3 is 5.25 Å². The predicted molar refractivity (Wildman–Crippen MR) is 140 cm³/mol. The second kappa shape index (κ2) is 11.8. The first-order valence-electron chi connectivity index (χ1n) is 11.6. The summed E-state index contributed by atoms with van der Waals surface area (Å²) in [5.74, 6) is 0. The van der Waals surface area contributed by atoms with Crippen molar-refractivity contribution in [3.8, 4) is 0 Å². The lowest BCUT2D eigenvalue weighted by atomic mass is 10.1. The maximum Gasteiger partial charge on any atom is 0.370 e. The minimum absolute atomic E-state index is 0.303. The topological polar surface area (TPSA) is 72.5 Å². The van der Waals surface area contributed by atoms with Crippen molar-refractivity contribution in [1.29, 1.82) is 0 Å². The Morgan fingerprint density at radius 1 is 0.833 bits per heavy atom. The molecule has 194 valence electrons. The summed E-state index contributed by atoms with van der Waals surface area (Å²) >= 11 is -1.94. The molecule has 0 radical (unpaired) electrons. The fourth-order valence-electron chi connectivity index (χ4n) is 3.59. The molecule has 36 heavy (non-hydrogen) atoms. The fraction of sp³-hybridized carbons (Fsp3) is 0.333. The van der Waals surface area contributed by atoms with Crippen LogP contribution in [0.3, 0.4) is 0 Å². The molecular weight excluding hydrogens is 502 g/mol. The predicted octanol–water partition coefficient (Wildman–Crippen LogP) is 5.18. The molecule has 2 atom stereocenters. The van der Waals surface area contributed by atoms with Crippen LogP contribution >= 0.6 is 0 Å². The Bertz CT molecular complexity index is 1150. The smallest absolute Gasteiger partial charge is 0.370 e. The van der Waals surface area contributed by atoms with Crippen molar-refractivity contribution in [2.75, 3.05) is 6.54 Å². The summed E-state index contributed by atoms with van der Waals surface area (Å²) in [4.78, 5) is 1.26. The highest BCUT2D eigenvalue weighted by atomic mass is 32.2. The first-order valence-corrected chi connectivity index (χ1v) is 14.2. The molecule has 0 aromatic heterocycles. The number of halogens is 2. The van der Waals surface area contributed by atoms with E-state index in [1.54, 1.807) is 31.7 Å². The first kappa shape index (κ1) is 28.3. The van der Waals surface area contributed by atoms with E-state index in [1.807, 2.05) is 60.7 Å². The lowest BCUT2D eigenvalue weighted by Gasteiger charge is -2.35. The largest absolute Gasteiger partial charge is 0.598 e. The Hall–Kier alpha value is -2.30. The Morgan fingerprint density at radius 2 is 1.25 bits per heavy atom. The zero-order chi connectivity index (χ0) is 26.4. The lowest BCUT2D eigenvalue weighted by Crippen LogP contribution is -2.59. The van der Waals surface area contributed by atoms with E-state index in [0.29, 0.717) is 13.1 Å². The highest BCUT2D eigenvalue weighted by Crippen LogP contribution is 2.34. The third-order valence-electron chi connectivity index (χ3n) is 5.56. The molecule has 3 aromatic carbocycles. The van der Waals surface area contributed by atoms with E-state index in [0.717, 1.165) is 23.3 Å². The molecule has 0 fully saturated rings. The van der Waals surface area contributed by atoms with Crippen LogP contribution in [0.15, 0.2) is 95.9 Å². The normalized spacial score (nSPS) is 14.5. The molecule has 1 N–H and O–H groups in total. The van der Waals surface area contributed by atoms with Gasteiger partial charge in [0.1, 0.15) is 10.8 Å². The van der Waals surface area contributed by atoms with Crippen molar-refractivity contribution in [2.45, 2.75) is 54.8 Å². The molecule has 5 nitrogen and oxygen atoms in total. The van der Waals surface area contributed by atoms with Crippen molar-refractivity contribution in [1.82, 2.24) is 9.62 Å². The van der Waals surface area contributed by atoms with Crippen LogP contribution in [-0.2, 0) is 34.3 Å². The van der Waals surface area contributed by atoms with Crippen LogP contribution < -0.4 is 4.72 Å². The van der Waals surface area contributed by atoms with Gasteiger partial charge in [-0.25, -0.2) is 8.42 Å². The Kier molecular flexibility index (Phi) is 9.29. The molecule has 0 spiro atoms. The number of hydrogen-bond acceptors (Lipinski definition) is 5. The minimum Gasteiger partial charge on any atom is -0.598 e. The van der Waals surface area contributed by atoms with Crippen molar-refractivity contribution < 1.29 is 21.8 Å². The van der Waals surface area contributed by atoms with Crippen LogP contribution in [0.2, 0.25) is 0 Å². The van der Waals surface area contributed by atoms with Gasteiger partial charge in [0.25, 0.3) is 0 Å².